The van der Waals surface area contributed by atoms with Crippen molar-refractivity contribution in [2.75, 3.05) is 18.2 Å². The number of fused-ring (bicyclic) bond motifs is 1. The van der Waals surface area contributed by atoms with Crippen LogP contribution in [-0.4, -0.2) is 70.3 Å². The first-order chi connectivity index (χ1) is 13.9. The Hall–Kier alpha value is 0.0748. The van der Waals surface area contributed by atoms with Gasteiger partial charge < -0.3 is 49.1 Å². The van der Waals surface area contributed by atoms with E-state index in [1.165, 1.54) is 10.9 Å². The molecule has 0 spiro atoms. The number of nitrogen functional groups attached to an aromatic ring is 1. The molecule has 0 bridgehead atoms. The van der Waals surface area contributed by atoms with E-state index >= 15 is 0 Å². The average Bonchev–Trinajstić information content (AvgIpc) is 3.14. The summed E-state index contributed by atoms with van der Waals surface area (Å²) in [5.41, 5.74) is 6.10. The maximum atomic E-state index is 12.0. The number of rotatable bonds is 8. The Balaban J connectivity index is 0.00000256. The molecular formula is C11H16Li2N5O11P3. The molecule has 168 valence electrons. The minimum absolute atomic E-state index is 0. The maximum Gasteiger partial charge on any atom is 1.00 e. The molecular weight excluding hydrogens is 485 g/mol. The number of hydrogen-bond acceptors (Lipinski definition) is 13. The van der Waals surface area contributed by atoms with Crippen LogP contribution >= 0.6 is 23.8 Å². The van der Waals surface area contributed by atoms with Crippen LogP contribution in [0.25, 0.3) is 11.2 Å². The van der Waals surface area contributed by atoms with Crippen LogP contribution in [0, 0.1) is 0 Å². The van der Waals surface area contributed by atoms with E-state index in [0.717, 1.165) is 6.33 Å². The molecule has 3 rings (SSSR count). The molecule has 0 aliphatic carbocycles. The first-order valence-electron chi connectivity index (χ1n) is 7.97. The zero-order valence-electron chi connectivity index (χ0n) is 16.7. The molecule has 0 amide bonds. The van der Waals surface area contributed by atoms with Crippen molar-refractivity contribution in [2.24, 2.45) is 0 Å². The van der Waals surface area contributed by atoms with Crippen LogP contribution in [0.15, 0.2) is 12.7 Å². The molecule has 1 fully saturated rings. The second kappa shape index (κ2) is 11.7. The topological polar surface area (TPSA) is 258 Å². The Morgan fingerprint density at radius 3 is 2.44 bits per heavy atom. The van der Waals surface area contributed by atoms with Crippen molar-refractivity contribution < 1.29 is 90.2 Å². The van der Waals surface area contributed by atoms with E-state index in [9.17, 15) is 38.9 Å². The minimum atomic E-state index is -4.97. The van der Waals surface area contributed by atoms with E-state index in [2.05, 4.69) is 23.8 Å². The third-order valence-electron chi connectivity index (χ3n) is 3.99. The summed E-state index contributed by atoms with van der Waals surface area (Å²) in [7, 11) is -13.5. The molecule has 1 aliphatic heterocycles. The summed E-state index contributed by atoms with van der Waals surface area (Å²) in [5.74, 6) is -1.44. The van der Waals surface area contributed by atoms with Gasteiger partial charge in [-0.1, -0.05) is 0 Å². The molecule has 0 saturated carbocycles. The van der Waals surface area contributed by atoms with E-state index in [0.29, 0.717) is 0 Å². The van der Waals surface area contributed by atoms with Crippen LogP contribution < -0.4 is 53.2 Å². The monoisotopic (exact) mass is 501 g/mol. The fraction of sp³-hybridized carbons (Fsp3) is 0.545. The second-order valence-electron chi connectivity index (χ2n) is 6.15. The van der Waals surface area contributed by atoms with Crippen LogP contribution in [0.3, 0.4) is 0 Å². The van der Waals surface area contributed by atoms with Gasteiger partial charge in [0.05, 0.1) is 12.9 Å². The number of imidazole rings is 1. The van der Waals surface area contributed by atoms with Gasteiger partial charge in [0.15, 0.2) is 23.6 Å². The summed E-state index contributed by atoms with van der Waals surface area (Å²) < 4.78 is 38.5. The van der Waals surface area contributed by atoms with Gasteiger partial charge in [-0.3, -0.25) is 13.7 Å². The molecule has 1 aliphatic rings. The van der Waals surface area contributed by atoms with Gasteiger partial charge in [0.1, 0.15) is 30.2 Å². The fourth-order valence-electron chi connectivity index (χ4n) is 2.74. The summed E-state index contributed by atoms with van der Waals surface area (Å²) >= 11 is 0. The molecule has 2 aromatic heterocycles. The molecule has 21 heteroatoms. The Bertz CT molecular complexity index is 1020. The quantitative estimate of drug-likeness (QED) is 0.166. The van der Waals surface area contributed by atoms with E-state index in [1.54, 1.807) is 0 Å². The van der Waals surface area contributed by atoms with Gasteiger partial charge in [-0.05, 0) is 0 Å². The molecule has 0 aromatic carbocycles. The number of aliphatic hydroxyl groups excluding tert-OH is 2. The summed E-state index contributed by atoms with van der Waals surface area (Å²) in [6.07, 6.45) is -3.27. The first-order valence-corrected chi connectivity index (χ1v) is 12.6. The molecule has 6 N–H and O–H groups in total. The average molecular weight is 501 g/mol. The van der Waals surface area contributed by atoms with Crippen LogP contribution in [-0.2, 0) is 22.7 Å². The smallest absolute Gasteiger partial charge is 0.820 e. The van der Waals surface area contributed by atoms with Crippen LogP contribution in [0.5, 0.6) is 0 Å². The second-order valence-corrected chi connectivity index (χ2v) is 11.2. The van der Waals surface area contributed by atoms with E-state index < -0.39 is 60.8 Å². The number of anilines is 1. The number of ether oxygens (including phenoxy) is 1. The van der Waals surface area contributed by atoms with Gasteiger partial charge in [0.25, 0.3) is 0 Å². The third kappa shape index (κ3) is 7.04. The molecule has 1 saturated heterocycles. The van der Waals surface area contributed by atoms with Crippen LogP contribution in [0.2, 0.25) is 0 Å². The number of aromatic nitrogens is 4. The molecule has 0 radical (unpaired) electrons. The minimum Gasteiger partial charge on any atom is -0.820 e. The van der Waals surface area contributed by atoms with E-state index in [1.807, 2.05) is 0 Å². The van der Waals surface area contributed by atoms with Crippen molar-refractivity contribution in [2.45, 2.75) is 24.5 Å². The Labute approximate surface area is 205 Å². The summed E-state index contributed by atoms with van der Waals surface area (Å²) in [6.45, 7) is -0.782. The predicted octanol–water partition coefficient (Wildman–Crippen LogP) is -8.66. The summed E-state index contributed by atoms with van der Waals surface area (Å²) in [5, 5.41) is 20.5. The van der Waals surface area contributed by atoms with Crippen LogP contribution in [0.4, 0.5) is 5.82 Å². The molecule has 6 atom stereocenters. The summed E-state index contributed by atoms with van der Waals surface area (Å²) in [4.78, 5) is 51.5. The van der Waals surface area contributed by atoms with E-state index in [-0.39, 0.29) is 54.7 Å². The van der Waals surface area contributed by atoms with Crippen molar-refractivity contribution in [3.8, 4) is 0 Å². The maximum absolute atomic E-state index is 12.0. The zero-order chi connectivity index (χ0) is 22.3. The summed E-state index contributed by atoms with van der Waals surface area (Å²) in [6, 6.07) is 0. The molecule has 32 heavy (non-hydrogen) atoms. The molecule has 3 heterocycles. The standard InChI is InChI=1S/C11H16N5O11P3.2Li/c12-9-6-10(14-2-13-9)16(3-15-6)11-8(18)7(17)5(26-11)1-25-29(21,22)4-30(23,24)27-28(19)20;;/h2-3,5,7-8,11,17-18H,1,4H2,(H,21,22)(H,23,24)(H2,12,13,14);;/q-2;2*+1/t5-,7-,8-,11-;;/m1../s1. The van der Waals surface area contributed by atoms with Crippen molar-refractivity contribution in [1.29, 1.82) is 0 Å². The SMILES string of the molecule is Nc1ncnc2c1ncn2[C@@H]1O[C@H](COP(=O)(O)CP(=O)(O)OP([O-])[O-])[C@@H](O)[C@H]1O.[Li+].[Li+]. The van der Waals surface area contributed by atoms with Crippen LogP contribution in [0.1, 0.15) is 6.23 Å². The Morgan fingerprint density at radius 1 is 1.16 bits per heavy atom. The zero-order valence-corrected chi connectivity index (χ0v) is 19.4. The largest absolute Gasteiger partial charge is 1.00 e. The van der Waals surface area contributed by atoms with Crippen molar-refractivity contribution in [3.05, 3.63) is 12.7 Å². The van der Waals surface area contributed by atoms with Crippen molar-refractivity contribution in [1.82, 2.24) is 19.5 Å². The molecule has 2 aromatic rings. The number of nitrogens with zero attached hydrogens (tertiary/aromatic N) is 4. The van der Waals surface area contributed by atoms with E-state index in [4.69, 9.17) is 10.5 Å². The Kier molecular flexibility index (Phi) is 11.0. The number of hydrogen-bond donors (Lipinski definition) is 5. The third-order valence-corrected chi connectivity index (χ3v) is 8.96. The van der Waals surface area contributed by atoms with Crippen molar-refractivity contribution >= 4 is 40.8 Å². The van der Waals surface area contributed by atoms with Gasteiger partial charge in [-0.2, -0.15) is 0 Å². The number of nitrogens with two attached hydrogens (primary N) is 1. The fourth-order valence-corrected chi connectivity index (χ4v) is 6.76. The normalized spacial score (nSPS) is 26.8. The number of aliphatic hydroxyl groups is 2. The van der Waals surface area contributed by atoms with Gasteiger partial charge in [-0.25, -0.2) is 15.0 Å². The van der Waals surface area contributed by atoms with Gasteiger partial charge in [0.2, 0.25) is 0 Å². The molecule has 2 unspecified atom stereocenters. The Morgan fingerprint density at radius 2 is 1.81 bits per heavy atom. The van der Waals surface area contributed by atoms with Crippen molar-refractivity contribution in [3.63, 3.8) is 0 Å². The van der Waals surface area contributed by atoms with Gasteiger partial charge in [-0.15, -0.1) is 8.60 Å². The predicted molar refractivity (Wildman–Crippen MR) is 94.1 cm³/mol. The first kappa shape index (κ1) is 30.1. The van der Waals surface area contributed by atoms with Gasteiger partial charge >= 0.3 is 52.9 Å². The molecule has 16 nitrogen and oxygen atoms in total. The van der Waals surface area contributed by atoms with Gasteiger partial charge in [0, 0.05) is 0 Å².